The Morgan fingerprint density at radius 3 is 2.16 bits per heavy atom. The number of hydrogen-bond acceptors (Lipinski definition) is 1. The third-order valence-corrected chi connectivity index (χ3v) is 6.65. The number of halogens is 1. The zero-order valence-corrected chi connectivity index (χ0v) is 18.8. The van der Waals surface area contributed by atoms with Gasteiger partial charge in [0, 0.05) is 16.6 Å². The first-order valence-electron chi connectivity index (χ1n) is 11.0. The van der Waals surface area contributed by atoms with Crippen LogP contribution in [-0.2, 0) is 23.1 Å². The molecule has 31 heavy (non-hydrogen) atoms. The highest BCUT2D eigenvalue weighted by molar-refractivity contribution is 5.98. The van der Waals surface area contributed by atoms with Crippen molar-refractivity contribution in [3.63, 3.8) is 0 Å². The zero-order valence-electron chi connectivity index (χ0n) is 18.8. The Morgan fingerprint density at radius 2 is 1.52 bits per heavy atom. The molecule has 1 amide bonds. The summed E-state index contributed by atoms with van der Waals surface area (Å²) >= 11 is 0. The van der Waals surface area contributed by atoms with E-state index < -0.39 is 0 Å². The van der Waals surface area contributed by atoms with E-state index in [0.717, 1.165) is 24.1 Å². The number of amides is 1. The van der Waals surface area contributed by atoms with E-state index in [-0.39, 0.29) is 29.1 Å². The number of anilines is 1. The molecule has 160 valence electrons. The molecule has 2 nitrogen and oxygen atoms in total. The summed E-state index contributed by atoms with van der Waals surface area (Å²) in [5.41, 5.74) is 4.99. The normalized spacial score (nSPS) is 19.7. The second-order valence-corrected chi connectivity index (χ2v) is 9.42. The Morgan fingerprint density at radius 1 is 0.903 bits per heavy atom. The second-order valence-electron chi connectivity index (χ2n) is 9.42. The first-order chi connectivity index (χ1) is 14.7. The summed E-state index contributed by atoms with van der Waals surface area (Å²) in [7, 11) is 0. The molecule has 1 aliphatic rings. The molecule has 3 heteroatoms. The van der Waals surface area contributed by atoms with Gasteiger partial charge in [0.2, 0.25) is 5.91 Å². The highest BCUT2D eigenvalue weighted by Crippen LogP contribution is 2.50. The van der Waals surface area contributed by atoms with Crippen LogP contribution in [0.2, 0.25) is 0 Å². The SMILES string of the molecule is CCc1ccc([C@@]2(C)CC(C)(C)N(C(=O)Cc3ccc(F)cc3)c3ccccc32)cc1. The summed E-state index contributed by atoms with van der Waals surface area (Å²) in [4.78, 5) is 15.4. The third kappa shape index (κ3) is 3.89. The van der Waals surface area contributed by atoms with E-state index in [2.05, 4.69) is 70.2 Å². The minimum Gasteiger partial charge on any atom is -0.306 e. The van der Waals surface area contributed by atoms with E-state index in [1.54, 1.807) is 12.1 Å². The Bertz CT molecular complexity index is 1080. The Labute approximate surface area is 184 Å². The van der Waals surface area contributed by atoms with Crippen molar-refractivity contribution < 1.29 is 9.18 Å². The molecule has 0 radical (unpaired) electrons. The van der Waals surface area contributed by atoms with Gasteiger partial charge in [-0.3, -0.25) is 4.79 Å². The molecule has 0 fully saturated rings. The Kier molecular flexibility index (Phi) is 5.47. The molecule has 0 saturated carbocycles. The third-order valence-electron chi connectivity index (χ3n) is 6.65. The standard InChI is InChI=1S/C28H30FNO/c1-5-20-10-14-22(15-11-20)28(4)19-27(2,3)30(25-9-7-6-8-24(25)28)26(31)18-21-12-16-23(29)17-13-21/h6-17H,5,18-19H2,1-4H3/t28-/m1/s1. The maximum atomic E-state index is 13.5. The summed E-state index contributed by atoms with van der Waals surface area (Å²) in [6.45, 7) is 8.74. The number of rotatable bonds is 4. The molecule has 0 aromatic heterocycles. The smallest absolute Gasteiger partial charge is 0.231 e. The van der Waals surface area contributed by atoms with Gasteiger partial charge in [0.1, 0.15) is 5.82 Å². The van der Waals surface area contributed by atoms with Gasteiger partial charge >= 0.3 is 0 Å². The van der Waals surface area contributed by atoms with Gasteiger partial charge in [-0.1, -0.05) is 68.4 Å². The van der Waals surface area contributed by atoms with Crippen LogP contribution in [0.15, 0.2) is 72.8 Å². The molecule has 3 aromatic carbocycles. The van der Waals surface area contributed by atoms with Crippen molar-refractivity contribution >= 4 is 11.6 Å². The molecule has 0 unspecified atom stereocenters. The number of fused-ring (bicyclic) bond motifs is 1. The molecular weight excluding hydrogens is 385 g/mol. The lowest BCUT2D eigenvalue weighted by Gasteiger charge is -2.51. The minimum atomic E-state index is -0.371. The van der Waals surface area contributed by atoms with Gasteiger partial charge in [-0.2, -0.15) is 0 Å². The van der Waals surface area contributed by atoms with Crippen LogP contribution in [0.1, 0.15) is 56.4 Å². The monoisotopic (exact) mass is 415 g/mol. The predicted molar refractivity (Wildman–Crippen MR) is 125 cm³/mol. The predicted octanol–water partition coefficient (Wildman–Crippen LogP) is 6.45. The van der Waals surface area contributed by atoms with Crippen molar-refractivity contribution in [2.45, 2.75) is 57.9 Å². The average molecular weight is 416 g/mol. The van der Waals surface area contributed by atoms with E-state index in [1.165, 1.54) is 28.8 Å². The summed E-state index contributed by atoms with van der Waals surface area (Å²) in [6, 6.07) is 23.4. The zero-order chi connectivity index (χ0) is 22.2. The highest BCUT2D eigenvalue weighted by atomic mass is 19.1. The fraction of sp³-hybridized carbons (Fsp3) is 0.321. The topological polar surface area (TPSA) is 20.3 Å². The number of benzene rings is 3. The molecule has 0 N–H and O–H groups in total. The van der Waals surface area contributed by atoms with E-state index in [4.69, 9.17) is 0 Å². The van der Waals surface area contributed by atoms with Crippen LogP contribution in [0.25, 0.3) is 0 Å². The molecule has 1 heterocycles. The lowest BCUT2D eigenvalue weighted by Crippen LogP contribution is -2.56. The second kappa shape index (κ2) is 7.96. The van der Waals surface area contributed by atoms with Gasteiger partial charge in [-0.15, -0.1) is 0 Å². The van der Waals surface area contributed by atoms with Crippen LogP contribution in [0.4, 0.5) is 10.1 Å². The maximum absolute atomic E-state index is 13.5. The molecular formula is C28H30FNO. The van der Waals surface area contributed by atoms with Crippen molar-refractivity contribution in [2.24, 2.45) is 0 Å². The molecule has 1 atom stereocenters. The van der Waals surface area contributed by atoms with Crippen molar-refractivity contribution in [3.8, 4) is 0 Å². The van der Waals surface area contributed by atoms with Gasteiger partial charge in [0.15, 0.2) is 0 Å². The van der Waals surface area contributed by atoms with E-state index in [9.17, 15) is 9.18 Å². The molecule has 0 saturated heterocycles. The van der Waals surface area contributed by atoms with Gasteiger partial charge < -0.3 is 4.90 Å². The van der Waals surface area contributed by atoms with Crippen LogP contribution in [0, 0.1) is 5.82 Å². The average Bonchev–Trinajstić information content (AvgIpc) is 2.75. The summed E-state index contributed by atoms with van der Waals surface area (Å²) in [5.74, 6) is -0.253. The largest absolute Gasteiger partial charge is 0.306 e. The van der Waals surface area contributed by atoms with Gasteiger partial charge in [0.25, 0.3) is 0 Å². The highest BCUT2D eigenvalue weighted by Gasteiger charge is 2.47. The molecule has 3 aromatic rings. The number of carbonyl (C=O) groups is 1. The molecule has 4 rings (SSSR count). The fourth-order valence-electron chi connectivity index (χ4n) is 5.19. The minimum absolute atomic E-state index is 0.0347. The lowest BCUT2D eigenvalue weighted by molar-refractivity contribution is -0.119. The van der Waals surface area contributed by atoms with Crippen molar-refractivity contribution in [2.75, 3.05) is 4.90 Å². The number of aryl methyl sites for hydroxylation is 1. The van der Waals surface area contributed by atoms with Crippen LogP contribution >= 0.6 is 0 Å². The van der Waals surface area contributed by atoms with Crippen LogP contribution in [-0.4, -0.2) is 11.4 Å². The van der Waals surface area contributed by atoms with Gasteiger partial charge in [0.05, 0.1) is 6.42 Å². The Balaban J connectivity index is 1.76. The van der Waals surface area contributed by atoms with E-state index in [1.807, 2.05) is 11.0 Å². The quantitative estimate of drug-likeness (QED) is 0.479. The first-order valence-corrected chi connectivity index (χ1v) is 11.0. The van der Waals surface area contributed by atoms with Crippen molar-refractivity contribution in [3.05, 3.63) is 101 Å². The summed E-state index contributed by atoms with van der Waals surface area (Å²) in [5, 5.41) is 0. The number of hydrogen-bond donors (Lipinski definition) is 0. The summed E-state index contributed by atoms with van der Waals surface area (Å²) in [6.07, 6.45) is 2.09. The first kappa shape index (κ1) is 21.3. The van der Waals surface area contributed by atoms with Crippen LogP contribution in [0.3, 0.4) is 0 Å². The molecule has 1 aliphatic heterocycles. The molecule has 0 bridgehead atoms. The fourth-order valence-corrected chi connectivity index (χ4v) is 5.19. The van der Waals surface area contributed by atoms with Gasteiger partial charge in [-0.25, -0.2) is 4.39 Å². The van der Waals surface area contributed by atoms with Gasteiger partial charge in [-0.05, 0) is 67.1 Å². The van der Waals surface area contributed by atoms with Crippen molar-refractivity contribution in [1.29, 1.82) is 0 Å². The number of carbonyl (C=O) groups excluding carboxylic acids is 1. The number of nitrogens with zero attached hydrogens (tertiary/aromatic N) is 1. The molecule has 0 spiro atoms. The maximum Gasteiger partial charge on any atom is 0.231 e. The molecule has 0 aliphatic carbocycles. The lowest BCUT2D eigenvalue weighted by atomic mass is 9.65. The number of para-hydroxylation sites is 1. The van der Waals surface area contributed by atoms with Crippen LogP contribution < -0.4 is 4.90 Å². The Hall–Kier alpha value is -2.94. The van der Waals surface area contributed by atoms with E-state index in [0.29, 0.717) is 0 Å². The van der Waals surface area contributed by atoms with Crippen LogP contribution in [0.5, 0.6) is 0 Å². The van der Waals surface area contributed by atoms with Crippen molar-refractivity contribution in [1.82, 2.24) is 0 Å². The van der Waals surface area contributed by atoms with E-state index >= 15 is 0 Å². The summed E-state index contributed by atoms with van der Waals surface area (Å²) < 4.78 is 13.3.